The summed E-state index contributed by atoms with van der Waals surface area (Å²) in [6.07, 6.45) is -0.930. The first-order valence-electron chi connectivity index (χ1n) is 5.94. The first-order valence-corrected chi connectivity index (χ1v) is 7.38. The van der Waals surface area contributed by atoms with Crippen LogP contribution in [-0.2, 0) is 24.3 Å². The lowest BCUT2D eigenvalue weighted by atomic mass is 10.3. The monoisotopic (exact) mass is 301 g/mol. The topological polar surface area (TPSA) is 93.1 Å². The van der Waals surface area contributed by atoms with E-state index in [1.54, 1.807) is 0 Å². The van der Waals surface area contributed by atoms with E-state index in [0.29, 0.717) is 0 Å². The van der Waals surface area contributed by atoms with Gasteiger partial charge in [-0.2, -0.15) is 4.31 Å². The van der Waals surface area contributed by atoms with Crippen molar-refractivity contribution in [2.75, 3.05) is 26.8 Å². The lowest BCUT2D eigenvalue weighted by molar-refractivity contribution is -0.157. The number of rotatable bonds is 3. The average Bonchev–Trinajstić information content (AvgIpc) is 2.46. The van der Waals surface area contributed by atoms with Crippen molar-refractivity contribution in [1.29, 1.82) is 0 Å². The van der Waals surface area contributed by atoms with Crippen LogP contribution in [0.15, 0.2) is 29.2 Å². The van der Waals surface area contributed by atoms with E-state index in [1.165, 1.54) is 25.3 Å². The molecule has 20 heavy (non-hydrogen) atoms. The number of carbonyl (C=O) groups excluding carboxylic acids is 1. The number of benzene rings is 1. The highest BCUT2D eigenvalue weighted by atomic mass is 32.2. The Morgan fingerprint density at radius 1 is 1.50 bits per heavy atom. The van der Waals surface area contributed by atoms with E-state index in [0.717, 1.165) is 10.4 Å². The first-order chi connectivity index (χ1) is 9.45. The predicted molar refractivity (Wildman–Crippen MR) is 68.6 cm³/mol. The molecule has 1 aliphatic rings. The van der Waals surface area contributed by atoms with Crippen molar-refractivity contribution in [2.24, 2.45) is 0 Å². The predicted octanol–water partition coefficient (Wildman–Crippen LogP) is -0.0453. The standard InChI is InChI=1S/C12H15NO6S/c1-18-12(15)11-8-13(5-6-19-11)20(16,17)10-4-2-3-9(14)7-10/h2-4,7,11,14H,5-6,8H2,1H3. The van der Waals surface area contributed by atoms with Gasteiger partial charge in [0, 0.05) is 6.54 Å². The molecular formula is C12H15NO6S. The molecule has 0 radical (unpaired) electrons. The van der Waals surface area contributed by atoms with Crippen LogP contribution in [-0.4, -0.2) is 56.7 Å². The molecule has 0 bridgehead atoms. The maximum atomic E-state index is 12.4. The SMILES string of the molecule is COC(=O)C1CN(S(=O)(=O)c2cccc(O)c2)CCO1. The summed E-state index contributed by atoms with van der Waals surface area (Å²) in [7, 11) is -2.56. The van der Waals surface area contributed by atoms with Crippen molar-refractivity contribution < 1.29 is 27.8 Å². The number of sulfonamides is 1. The van der Waals surface area contributed by atoms with Gasteiger partial charge >= 0.3 is 5.97 Å². The van der Waals surface area contributed by atoms with Gasteiger partial charge in [0.25, 0.3) is 0 Å². The molecule has 0 spiro atoms. The van der Waals surface area contributed by atoms with Crippen molar-refractivity contribution >= 4 is 16.0 Å². The van der Waals surface area contributed by atoms with Crippen molar-refractivity contribution in [3.05, 3.63) is 24.3 Å². The molecule has 1 aliphatic heterocycles. The van der Waals surface area contributed by atoms with Crippen LogP contribution in [0.5, 0.6) is 5.75 Å². The minimum atomic E-state index is -3.77. The number of carbonyl (C=O) groups is 1. The molecule has 1 saturated heterocycles. The summed E-state index contributed by atoms with van der Waals surface area (Å²) >= 11 is 0. The fourth-order valence-electron chi connectivity index (χ4n) is 1.91. The highest BCUT2D eigenvalue weighted by Crippen LogP contribution is 2.22. The fraction of sp³-hybridized carbons (Fsp3) is 0.417. The van der Waals surface area contributed by atoms with Crippen LogP contribution in [0.25, 0.3) is 0 Å². The highest BCUT2D eigenvalue weighted by molar-refractivity contribution is 7.89. The van der Waals surface area contributed by atoms with E-state index < -0.39 is 22.1 Å². The maximum absolute atomic E-state index is 12.4. The molecule has 1 heterocycles. The zero-order valence-corrected chi connectivity index (χ0v) is 11.7. The van der Waals surface area contributed by atoms with Crippen LogP contribution in [0.1, 0.15) is 0 Å². The third kappa shape index (κ3) is 2.92. The molecule has 1 aromatic rings. The van der Waals surface area contributed by atoms with Crippen LogP contribution >= 0.6 is 0 Å². The quantitative estimate of drug-likeness (QED) is 0.787. The van der Waals surface area contributed by atoms with Gasteiger partial charge in [-0.3, -0.25) is 0 Å². The number of phenolic OH excluding ortho intramolecular Hbond substituents is 1. The number of ether oxygens (including phenoxy) is 2. The average molecular weight is 301 g/mol. The van der Waals surface area contributed by atoms with Crippen molar-refractivity contribution in [2.45, 2.75) is 11.0 Å². The van der Waals surface area contributed by atoms with Gasteiger partial charge < -0.3 is 14.6 Å². The number of phenols is 1. The Morgan fingerprint density at radius 3 is 2.90 bits per heavy atom. The number of morpholine rings is 1. The zero-order valence-electron chi connectivity index (χ0n) is 10.9. The van der Waals surface area contributed by atoms with E-state index in [-0.39, 0.29) is 30.3 Å². The molecule has 1 unspecified atom stereocenters. The molecule has 2 rings (SSSR count). The number of aromatic hydroxyl groups is 1. The van der Waals surface area contributed by atoms with Gasteiger partial charge in [0.1, 0.15) is 5.75 Å². The summed E-state index contributed by atoms with van der Waals surface area (Å²) in [6.45, 7) is 0.147. The van der Waals surface area contributed by atoms with Crippen LogP contribution in [0.3, 0.4) is 0 Å². The normalized spacial score (nSPS) is 20.6. The van der Waals surface area contributed by atoms with Gasteiger partial charge in [0.15, 0.2) is 6.10 Å². The summed E-state index contributed by atoms with van der Waals surface area (Å²) < 4.78 is 35.7. The molecular weight excluding hydrogens is 286 g/mol. The number of methoxy groups -OCH3 is 1. The molecule has 8 heteroatoms. The molecule has 1 atom stereocenters. The Balaban J connectivity index is 2.23. The molecule has 1 aromatic carbocycles. The van der Waals surface area contributed by atoms with Crippen LogP contribution in [0, 0.1) is 0 Å². The van der Waals surface area contributed by atoms with Crippen molar-refractivity contribution in [3.63, 3.8) is 0 Å². The van der Waals surface area contributed by atoms with Crippen LogP contribution in [0.2, 0.25) is 0 Å². The van der Waals surface area contributed by atoms with E-state index in [2.05, 4.69) is 4.74 Å². The molecule has 0 saturated carbocycles. The third-order valence-corrected chi connectivity index (χ3v) is 4.81. The lowest BCUT2D eigenvalue weighted by Gasteiger charge is -2.30. The van der Waals surface area contributed by atoms with E-state index in [9.17, 15) is 18.3 Å². The van der Waals surface area contributed by atoms with Gasteiger partial charge in [-0.05, 0) is 18.2 Å². The van der Waals surface area contributed by atoms with Crippen LogP contribution in [0.4, 0.5) is 0 Å². The smallest absolute Gasteiger partial charge is 0.336 e. The van der Waals surface area contributed by atoms with Gasteiger partial charge in [0.2, 0.25) is 10.0 Å². The molecule has 1 fully saturated rings. The zero-order chi connectivity index (χ0) is 14.8. The van der Waals surface area contributed by atoms with Gasteiger partial charge in [-0.15, -0.1) is 0 Å². The molecule has 1 N–H and O–H groups in total. The molecule has 0 aliphatic carbocycles. The minimum Gasteiger partial charge on any atom is -0.508 e. The number of esters is 1. The Hall–Kier alpha value is -1.64. The van der Waals surface area contributed by atoms with Gasteiger partial charge in [-0.1, -0.05) is 6.07 Å². The Morgan fingerprint density at radius 2 is 2.25 bits per heavy atom. The Labute approximate surface area is 116 Å². The second-order valence-corrected chi connectivity index (χ2v) is 6.18. The summed E-state index contributed by atoms with van der Waals surface area (Å²) in [5.74, 6) is -0.746. The Bertz CT molecular complexity index is 600. The Kier molecular flexibility index (Phi) is 4.26. The minimum absolute atomic E-state index is 0.0250. The second-order valence-electron chi connectivity index (χ2n) is 4.24. The number of nitrogens with zero attached hydrogens (tertiary/aromatic N) is 1. The molecule has 110 valence electrons. The molecule has 0 aromatic heterocycles. The van der Waals surface area contributed by atoms with Gasteiger partial charge in [0.05, 0.1) is 25.2 Å². The largest absolute Gasteiger partial charge is 0.508 e. The van der Waals surface area contributed by atoms with E-state index in [1.807, 2.05) is 0 Å². The highest BCUT2D eigenvalue weighted by Gasteiger charge is 2.34. The second kappa shape index (κ2) is 5.78. The first kappa shape index (κ1) is 14.8. The van der Waals surface area contributed by atoms with Gasteiger partial charge in [-0.25, -0.2) is 13.2 Å². The fourth-order valence-corrected chi connectivity index (χ4v) is 3.38. The van der Waals surface area contributed by atoms with E-state index in [4.69, 9.17) is 4.74 Å². The summed E-state index contributed by atoms with van der Waals surface area (Å²) in [4.78, 5) is 11.4. The van der Waals surface area contributed by atoms with Crippen molar-refractivity contribution in [1.82, 2.24) is 4.31 Å². The maximum Gasteiger partial charge on any atom is 0.336 e. The van der Waals surface area contributed by atoms with Crippen LogP contribution < -0.4 is 0 Å². The summed E-state index contributed by atoms with van der Waals surface area (Å²) in [5.41, 5.74) is 0. The van der Waals surface area contributed by atoms with E-state index >= 15 is 0 Å². The van der Waals surface area contributed by atoms with Crippen molar-refractivity contribution in [3.8, 4) is 5.75 Å². The summed E-state index contributed by atoms with van der Waals surface area (Å²) in [5, 5.41) is 9.37. The number of hydrogen-bond acceptors (Lipinski definition) is 6. The molecule has 0 amide bonds. The third-order valence-electron chi connectivity index (χ3n) is 2.95. The summed E-state index contributed by atoms with van der Waals surface area (Å²) in [6, 6.07) is 5.38. The lowest BCUT2D eigenvalue weighted by Crippen LogP contribution is -2.48. The number of hydrogen-bond donors (Lipinski definition) is 1. The molecule has 7 nitrogen and oxygen atoms in total.